The summed E-state index contributed by atoms with van der Waals surface area (Å²) in [4.78, 5) is 22.8. The Morgan fingerprint density at radius 1 is 1.25 bits per heavy atom. The fraction of sp³-hybridized carbons (Fsp3) is 0.467. The van der Waals surface area contributed by atoms with Crippen molar-refractivity contribution in [2.24, 2.45) is 0 Å². The minimum Gasteiger partial charge on any atom is -0.481 e. The number of aliphatic carboxylic acids is 1. The van der Waals surface area contributed by atoms with E-state index in [1.54, 1.807) is 20.8 Å². The molecule has 2 N–H and O–H groups in total. The number of carboxylic acids is 1. The normalized spacial score (nSPS) is 13.3. The first kappa shape index (κ1) is 20.3. The van der Waals surface area contributed by atoms with Crippen LogP contribution in [0.3, 0.4) is 0 Å². The summed E-state index contributed by atoms with van der Waals surface area (Å²) in [5.41, 5.74) is -1.77. The van der Waals surface area contributed by atoms with Crippen LogP contribution in [0.2, 0.25) is 0 Å². The summed E-state index contributed by atoms with van der Waals surface area (Å²) in [6.45, 7) is 4.83. The molecule has 1 aromatic carbocycles. The van der Waals surface area contributed by atoms with Crippen molar-refractivity contribution < 1.29 is 32.6 Å². The van der Waals surface area contributed by atoms with Crippen molar-refractivity contribution in [1.29, 1.82) is 0 Å². The number of carboxylic acid groups (broad SMARTS) is 1. The highest BCUT2D eigenvalue weighted by molar-refractivity contribution is 9.10. The third kappa shape index (κ3) is 6.77. The van der Waals surface area contributed by atoms with Gasteiger partial charge in [0.15, 0.2) is 0 Å². The number of hydrogen-bond acceptors (Lipinski definition) is 3. The molecule has 1 aromatic rings. The molecule has 0 saturated heterocycles. The molecule has 0 radical (unpaired) electrons. The lowest BCUT2D eigenvalue weighted by Crippen LogP contribution is -2.35. The number of amides is 1. The second-order valence-corrected chi connectivity index (χ2v) is 6.98. The van der Waals surface area contributed by atoms with E-state index in [0.717, 1.165) is 12.1 Å². The average molecular weight is 412 g/mol. The van der Waals surface area contributed by atoms with Crippen molar-refractivity contribution >= 4 is 28.0 Å². The molecule has 134 valence electrons. The summed E-state index contributed by atoms with van der Waals surface area (Å²) in [5.74, 6) is -1.27. The molecular formula is C15H17BrF3NO4. The third-order valence-electron chi connectivity index (χ3n) is 2.72. The number of alkyl halides is 3. The Labute approximate surface area is 145 Å². The molecule has 0 unspecified atom stereocenters. The Morgan fingerprint density at radius 2 is 1.83 bits per heavy atom. The Kier molecular flexibility index (Phi) is 6.26. The van der Waals surface area contributed by atoms with E-state index in [1.165, 1.54) is 6.07 Å². The van der Waals surface area contributed by atoms with Crippen molar-refractivity contribution in [2.45, 2.75) is 45.0 Å². The number of hydrogen-bond donors (Lipinski definition) is 2. The number of carbonyl (C=O) groups excluding carboxylic acids is 1. The van der Waals surface area contributed by atoms with Gasteiger partial charge in [0, 0.05) is 4.47 Å². The van der Waals surface area contributed by atoms with Gasteiger partial charge in [-0.3, -0.25) is 4.79 Å². The van der Waals surface area contributed by atoms with E-state index in [0.29, 0.717) is 0 Å². The fourth-order valence-electron chi connectivity index (χ4n) is 1.85. The van der Waals surface area contributed by atoms with Gasteiger partial charge in [0.05, 0.1) is 18.0 Å². The van der Waals surface area contributed by atoms with Crippen molar-refractivity contribution in [2.75, 3.05) is 0 Å². The molecule has 0 heterocycles. The lowest BCUT2D eigenvalue weighted by molar-refractivity contribution is -0.138. The molecule has 1 atom stereocenters. The van der Waals surface area contributed by atoms with Gasteiger partial charge in [0.2, 0.25) is 0 Å². The zero-order valence-corrected chi connectivity index (χ0v) is 14.8. The number of carbonyl (C=O) groups is 2. The largest absolute Gasteiger partial charge is 0.481 e. The van der Waals surface area contributed by atoms with Crippen molar-refractivity contribution in [3.8, 4) is 0 Å². The molecule has 0 bridgehead atoms. The van der Waals surface area contributed by atoms with Gasteiger partial charge in [-0.25, -0.2) is 4.79 Å². The molecule has 5 nitrogen and oxygen atoms in total. The summed E-state index contributed by atoms with van der Waals surface area (Å²) in [5, 5.41) is 11.3. The summed E-state index contributed by atoms with van der Waals surface area (Å²) in [7, 11) is 0. The highest BCUT2D eigenvalue weighted by Crippen LogP contribution is 2.34. The van der Waals surface area contributed by atoms with Crippen molar-refractivity contribution in [3.63, 3.8) is 0 Å². The van der Waals surface area contributed by atoms with Crippen LogP contribution in [-0.2, 0) is 15.7 Å². The van der Waals surface area contributed by atoms with E-state index in [4.69, 9.17) is 9.84 Å². The van der Waals surface area contributed by atoms with Gasteiger partial charge < -0.3 is 15.2 Å². The predicted molar refractivity (Wildman–Crippen MR) is 83.5 cm³/mol. The van der Waals surface area contributed by atoms with E-state index in [1.807, 2.05) is 0 Å². The predicted octanol–water partition coefficient (Wildman–Crippen LogP) is 4.51. The van der Waals surface area contributed by atoms with Crippen LogP contribution in [0, 0.1) is 0 Å². The summed E-state index contributed by atoms with van der Waals surface area (Å²) < 4.78 is 43.9. The molecule has 1 amide bonds. The average Bonchev–Trinajstić information content (AvgIpc) is 2.33. The Hall–Kier alpha value is -1.77. The topological polar surface area (TPSA) is 75.6 Å². The molecule has 0 aliphatic carbocycles. The molecule has 9 heteroatoms. The van der Waals surface area contributed by atoms with Gasteiger partial charge in [-0.1, -0.05) is 15.9 Å². The van der Waals surface area contributed by atoms with Gasteiger partial charge in [0.1, 0.15) is 5.60 Å². The van der Waals surface area contributed by atoms with Crippen molar-refractivity contribution in [3.05, 3.63) is 33.8 Å². The molecule has 24 heavy (non-hydrogen) atoms. The van der Waals surface area contributed by atoms with Crippen LogP contribution in [-0.4, -0.2) is 22.8 Å². The monoisotopic (exact) mass is 411 g/mol. The molecule has 0 fully saturated rings. The minimum atomic E-state index is -4.60. The maximum absolute atomic E-state index is 12.9. The summed E-state index contributed by atoms with van der Waals surface area (Å²) in [6, 6.07) is 1.82. The second-order valence-electron chi connectivity index (χ2n) is 6.07. The van der Waals surface area contributed by atoms with Crippen LogP contribution < -0.4 is 5.32 Å². The van der Waals surface area contributed by atoms with Gasteiger partial charge in [-0.2, -0.15) is 13.2 Å². The van der Waals surface area contributed by atoms with Crippen LogP contribution in [0.25, 0.3) is 0 Å². The van der Waals surface area contributed by atoms with E-state index < -0.39 is 41.9 Å². The lowest BCUT2D eigenvalue weighted by Gasteiger charge is -2.23. The first-order valence-electron chi connectivity index (χ1n) is 6.87. The molecular weight excluding hydrogens is 395 g/mol. The van der Waals surface area contributed by atoms with Gasteiger partial charge in [0.25, 0.3) is 0 Å². The Morgan fingerprint density at radius 3 is 2.29 bits per heavy atom. The van der Waals surface area contributed by atoms with Crippen LogP contribution in [0.4, 0.5) is 18.0 Å². The molecule has 1 rings (SSSR count). The zero-order chi connectivity index (χ0) is 18.7. The number of halogens is 4. The number of benzene rings is 1. The van der Waals surface area contributed by atoms with Gasteiger partial charge in [-0.15, -0.1) is 0 Å². The lowest BCUT2D eigenvalue weighted by atomic mass is 10.0. The van der Waals surface area contributed by atoms with Gasteiger partial charge >= 0.3 is 18.2 Å². The van der Waals surface area contributed by atoms with Crippen LogP contribution in [0.5, 0.6) is 0 Å². The Balaban J connectivity index is 3.15. The zero-order valence-electron chi connectivity index (χ0n) is 13.2. The fourth-order valence-corrected chi connectivity index (χ4v) is 2.36. The van der Waals surface area contributed by atoms with Crippen LogP contribution in [0.1, 0.15) is 44.4 Å². The number of nitrogens with one attached hydrogen (secondary N) is 1. The maximum atomic E-state index is 12.9. The molecule has 0 aliphatic heterocycles. The second kappa shape index (κ2) is 7.42. The van der Waals surface area contributed by atoms with Crippen molar-refractivity contribution in [1.82, 2.24) is 5.32 Å². The highest BCUT2D eigenvalue weighted by Gasteiger charge is 2.32. The SMILES string of the molecule is CC(C)(C)OC(=O)N[C@@H](CC(=O)O)c1cc(Br)cc(C(F)(F)F)c1. The standard InChI is InChI=1S/C15H17BrF3NO4/c1-14(2,3)24-13(23)20-11(7-12(21)22)8-4-9(15(17,18)19)6-10(16)5-8/h4-6,11H,7H2,1-3H3,(H,20,23)(H,21,22)/t11-/m0/s1. The molecule has 0 aromatic heterocycles. The van der Waals surface area contributed by atoms with E-state index in [9.17, 15) is 22.8 Å². The van der Waals surface area contributed by atoms with Gasteiger partial charge in [-0.05, 0) is 44.5 Å². The third-order valence-corrected chi connectivity index (χ3v) is 3.18. The number of rotatable bonds is 4. The van der Waals surface area contributed by atoms with E-state index >= 15 is 0 Å². The van der Waals surface area contributed by atoms with E-state index in [2.05, 4.69) is 21.2 Å². The summed E-state index contributed by atoms with van der Waals surface area (Å²) in [6.07, 6.45) is -6.10. The number of ether oxygens (including phenoxy) is 1. The molecule has 0 aliphatic rings. The minimum absolute atomic E-state index is 0.00459. The highest BCUT2D eigenvalue weighted by atomic mass is 79.9. The first-order chi connectivity index (χ1) is 10.8. The van der Waals surface area contributed by atoms with E-state index in [-0.39, 0.29) is 10.0 Å². The maximum Gasteiger partial charge on any atom is 0.416 e. The Bertz CT molecular complexity index is 626. The first-order valence-corrected chi connectivity index (χ1v) is 7.66. The van der Waals surface area contributed by atoms with Crippen LogP contribution in [0.15, 0.2) is 22.7 Å². The smallest absolute Gasteiger partial charge is 0.416 e. The number of alkyl carbamates (subject to hydrolysis) is 1. The van der Waals surface area contributed by atoms with Crippen LogP contribution >= 0.6 is 15.9 Å². The quantitative estimate of drug-likeness (QED) is 0.763. The summed E-state index contributed by atoms with van der Waals surface area (Å²) >= 11 is 2.96. The molecule has 0 saturated carbocycles. The molecule has 0 spiro atoms.